The second kappa shape index (κ2) is 9.30. The van der Waals surface area contributed by atoms with Gasteiger partial charge in [0.15, 0.2) is 0 Å². The lowest BCUT2D eigenvalue weighted by atomic mass is 9.60. The Kier molecular flexibility index (Phi) is 7.37. The summed E-state index contributed by atoms with van der Waals surface area (Å²) in [5, 5.41) is 30.2. The van der Waals surface area contributed by atoms with Gasteiger partial charge in [0, 0.05) is 6.42 Å². The Labute approximate surface area is 184 Å². The second-order valence-corrected chi connectivity index (χ2v) is 11.3. The molecule has 3 fully saturated rings. The Hall–Kier alpha value is -0.900. The van der Waals surface area contributed by atoms with E-state index in [1.54, 1.807) is 5.57 Å². The summed E-state index contributed by atoms with van der Waals surface area (Å²) in [7, 11) is 0. The molecule has 0 heterocycles. The highest BCUT2D eigenvalue weighted by Gasteiger charge is 2.50. The minimum atomic E-state index is -0.615. The Balaban J connectivity index is 1.70. The smallest absolute Gasteiger partial charge is 0.0811 e. The topological polar surface area (TPSA) is 60.7 Å². The summed E-state index contributed by atoms with van der Waals surface area (Å²) in [6.45, 7) is 12.8. The van der Waals surface area contributed by atoms with Crippen molar-refractivity contribution in [2.24, 2.45) is 23.2 Å². The maximum Gasteiger partial charge on any atom is 0.0811 e. The fourth-order valence-corrected chi connectivity index (χ4v) is 6.74. The highest BCUT2D eigenvalue weighted by molar-refractivity contribution is 5.38. The van der Waals surface area contributed by atoms with Crippen LogP contribution in [0, 0.1) is 23.2 Å². The first-order chi connectivity index (χ1) is 14.0. The molecule has 0 saturated heterocycles. The van der Waals surface area contributed by atoms with Crippen LogP contribution in [0.2, 0.25) is 0 Å². The van der Waals surface area contributed by atoms with Crippen LogP contribution in [0.1, 0.15) is 91.9 Å². The molecule has 0 unspecified atom stereocenters. The van der Waals surface area contributed by atoms with E-state index in [9.17, 15) is 15.3 Å². The molecule has 0 aromatic rings. The Bertz CT molecular complexity index is 683. The third-order valence-corrected chi connectivity index (χ3v) is 8.44. The van der Waals surface area contributed by atoms with Crippen molar-refractivity contribution in [3.63, 3.8) is 0 Å². The molecule has 3 heteroatoms. The first kappa shape index (κ1) is 23.8. The van der Waals surface area contributed by atoms with Crippen LogP contribution < -0.4 is 0 Å². The number of fused-ring (bicyclic) bond motifs is 1. The summed E-state index contributed by atoms with van der Waals surface area (Å²) in [6.07, 6.45) is 13.9. The Morgan fingerprint density at radius 2 is 1.97 bits per heavy atom. The van der Waals surface area contributed by atoms with Crippen LogP contribution in [0.25, 0.3) is 0 Å². The van der Waals surface area contributed by atoms with E-state index >= 15 is 0 Å². The molecule has 0 aliphatic heterocycles. The van der Waals surface area contributed by atoms with Gasteiger partial charge in [0.1, 0.15) is 0 Å². The summed E-state index contributed by atoms with van der Waals surface area (Å²) in [5.41, 5.74) is 3.17. The SMILES string of the molecule is C=C1/C(=C/C=C2\CCC[C@]3(C)[C@@H]([C@H](C)CCCC(C)(C)O)CC[C@@H]23)C[C@@H](O)C[C@H]1O. The molecule has 0 amide bonds. The molecule has 0 aromatic heterocycles. The minimum absolute atomic E-state index is 0.374. The van der Waals surface area contributed by atoms with E-state index in [4.69, 9.17) is 0 Å². The highest BCUT2D eigenvalue weighted by atomic mass is 16.3. The predicted molar refractivity (Wildman–Crippen MR) is 124 cm³/mol. The van der Waals surface area contributed by atoms with Gasteiger partial charge in [-0.25, -0.2) is 0 Å². The number of hydrogen-bond donors (Lipinski definition) is 3. The summed E-state index contributed by atoms with van der Waals surface area (Å²) in [6, 6.07) is 0. The standard InChI is InChI=1S/C27H44O3/c1-18(8-6-14-26(3,4)30)23-12-13-24-20(9-7-15-27(23,24)5)10-11-21-16-22(28)17-25(29)19(21)2/h10-11,18,22-25,28-30H,2,6-9,12-17H2,1,3-5H3/b20-10+,21-11+/t18-,22-,23-,24+,25-,27-/m1/s1. The number of hydrogen-bond acceptors (Lipinski definition) is 3. The van der Waals surface area contributed by atoms with Gasteiger partial charge in [0.05, 0.1) is 17.8 Å². The van der Waals surface area contributed by atoms with Crippen molar-refractivity contribution in [2.45, 2.75) is 110 Å². The van der Waals surface area contributed by atoms with Crippen molar-refractivity contribution in [1.29, 1.82) is 0 Å². The second-order valence-electron chi connectivity index (χ2n) is 11.3. The normalized spacial score (nSPS) is 38.8. The fraction of sp³-hybridized carbons (Fsp3) is 0.778. The van der Waals surface area contributed by atoms with Crippen LogP contribution in [0.5, 0.6) is 0 Å². The van der Waals surface area contributed by atoms with Gasteiger partial charge in [-0.2, -0.15) is 0 Å². The number of aliphatic hydroxyl groups excluding tert-OH is 2. The first-order valence-electron chi connectivity index (χ1n) is 12.2. The van der Waals surface area contributed by atoms with Crippen molar-refractivity contribution < 1.29 is 15.3 Å². The molecule has 6 atom stereocenters. The van der Waals surface area contributed by atoms with Crippen molar-refractivity contribution in [1.82, 2.24) is 0 Å². The maximum atomic E-state index is 10.1. The van der Waals surface area contributed by atoms with Crippen LogP contribution >= 0.6 is 0 Å². The van der Waals surface area contributed by atoms with E-state index in [0.29, 0.717) is 30.1 Å². The van der Waals surface area contributed by atoms with Gasteiger partial charge in [-0.05, 0) is 93.1 Å². The van der Waals surface area contributed by atoms with E-state index < -0.39 is 17.8 Å². The zero-order chi connectivity index (χ0) is 22.1. The van der Waals surface area contributed by atoms with Crippen LogP contribution in [0.3, 0.4) is 0 Å². The van der Waals surface area contributed by atoms with Gasteiger partial charge >= 0.3 is 0 Å². The van der Waals surface area contributed by atoms with Crippen LogP contribution in [-0.4, -0.2) is 33.1 Å². The van der Waals surface area contributed by atoms with Crippen molar-refractivity contribution in [3.05, 3.63) is 35.5 Å². The molecule has 0 radical (unpaired) electrons. The molecule has 3 rings (SSSR count). The number of rotatable bonds is 6. The van der Waals surface area contributed by atoms with E-state index in [1.165, 1.54) is 38.5 Å². The van der Waals surface area contributed by atoms with Crippen LogP contribution in [0.4, 0.5) is 0 Å². The van der Waals surface area contributed by atoms with Crippen molar-refractivity contribution >= 4 is 0 Å². The van der Waals surface area contributed by atoms with Crippen molar-refractivity contribution in [3.8, 4) is 0 Å². The minimum Gasteiger partial charge on any atom is -0.393 e. The van der Waals surface area contributed by atoms with Gasteiger partial charge < -0.3 is 15.3 Å². The van der Waals surface area contributed by atoms with E-state index in [0.717, 1.165) is 29.9 Å². The maximum absolute atomic E-state index is 10.1. The molecule has 0 bridgehead atoms. The number of allylic oxidation sites excluding steroid dienone is 3. The highest BCUT2D eigenvalue weighted by Crippen LogP contribution is 2.60. The lowest BCUT2D eigenvalue weighted by Crippen LogP contribution is -2.36. The molecule has 0 aromatic carbocycles. The fourth-order valence-electron chi connectivity index (χ4n) is 6.74. The average molecular weight is 417 g/mol. The average Bonchev–Trinajstić information content (AvgIpc) is 3.00. The van der Waals surface area contributed by atoms with Crippen LogP contribution in [-0.2, 0) is 0 Å². The summed E-state index contributed by atoms with van der Waals surface area (Å²) in [5.74, 6) is 2.11. The summed E-state index contributed by atoms with van der Waals surface area (Å²) < 4.78 is 0. The molecule has 30 heavy (non-hydrogen) atoms. The Morgan fingerprint density at radius 1 is 1.23 bits per heavy atom. The Morgan fingerprint density at radius 3 is 2.67 bits per heavy atom. The third kappa shape index (κ3) is 5.29. The number of aliphatic hydroxyl groups is 3. The van der Waals surface area contributed by atoms with Gasteiger partial charge in [-0.1, -0.05) is 51.0 Å². The van der Waals surface area contributed by atoms with Gasteiger partial charge in [-0.3, -0.25) is 0 Å². The molecule has 0 spiro atoms. The van der Waals surface area contributed by atoms with Gasteiger partial charge in [0.2, 0.25) is 0 Å². The van der Waals surface area contributed by atoms with E-state index in [2.05, 4.69) is 32.6 Å². The molecule has 3 N–H and O–H groups in total. The van der Waals surface area contributed by atoms with Crippen LogP contribution in [0.15, 0.2) is 35.5 Å². The zero-order valence-corrected chi connectivity index (χ0v) is 19.7. The predicted octanol–water partition coefficient (Wildman–Crippen LogP) is 5.70. The van der Waals surface area contributed by atoms with Gasteiger partial charge in [0.25, 0.3) is 0 Å². The quantitative estimate of drug-likeness (QED) is 0.520. The monoisotopic (exact) mass is 416 g/mol. The lowest BCUT2D eigenvalue weighted by molar-refractivity contribution is 0.0596. The zero-order valence-electron chi connectivity index (χ0n) is 19.7. The molecule has 3 saturated carbocycles. The molecule has 3 aliphatic carbocycles. The third-order valence-electron chi connectivity index (χ3n) is 8.44. The summed E-state index contributed by atoms with van der Waals surface area (Å²) in [4.78, 5) is 0. The molecule has 170 valence electrons. The molecule has 3 aliphatic rings. The van der Waals surface area contributed by atoms with E-state index in [1.807, 2.05) is 13.8 Å². The lowest BCUT2D eigenvalue weighted by Gasteiger charge is -2.44. The van der Waals surface area contributed by atoms with Gasteiger partial charge in [-0.15, -0.1) is 0 Å². The molecular weight excluding hydrogens is 372 g/mol. The van der Waals surface area contributed by atoms with E-state index in [-0.39, 0.29) is 0 Å². The summed E-state index contributed by atoms with van der Waals surface area (Å²) >= 11 is 0. The molecule has 3 nitrogen and oxygen atoms in total. The largest absolute Gasteiger partial charge is 0.393 e. The first-order valence-corrected chi connectivity index (χ1v) is 12.2. The van der Waals surface area contributed by atoms with Crippen molar-refractivity contribution in [2.75, 3.05) is 0 Å². The molecular formula is C27H44O3.